The first-order chi connectivity index (χ1) is 7.97. The van der Waals surface area contributed by atoms with Gasteiger partial charge in [0.1, 0.15) is 5.82 Å². The Morgan fingerprint density at radius 2 is 1.94 bits per heavy atom. The van der Waals surface area contributed by atoms with Gasteiger partial charge in [-0.25, -0.2) is 12.8 Å². The first kappa shape index (κ1) is 11.9. The molecule has 0 radical (unpaired) electrons. The van der Waals surface area contributed by atoms with E-state index in [1.54, 1.807) is 0 Å². The second-order valence-electron chi connectivity index (χ2n) is 3.30. The highest BCUT2D eigenvalue weighted by atomic mass is 32.2. The van der Waals surface area contributed by atoms with Crippen LogP contribution in [-0.2, 0) is 15.6 Å². The Labute approximate surface area is 101 Å². The molecule has 1 aromatic carbocycles. The van der Waals surface area contributed by atoms with Crippen LogP contribution in [0.4, 0.5) is 9.52 Å². The zero-order chi connectivity index (χ0) is 12.5. The highest BCUT2D eigenvalue weighted by molar-refractivity contribution is 7.90. The zero-order valence-electron chi connectivity index (χ0n) is 8.50. The van der Waals surface area contributed by atoms with Crippen molar-refractivity contribution in [2.75, 3.05) is 5.73 Å². The van der Waals surface area contributed by atoms with Crippen molar-refractivity contribution in [3.05, 3.63) is 35.6 Å². The van der Waals surface area contributed by atoms with Crippen LogP contribution < -0.4 is 5.73 Å². The number of nitrogen functional groups attached to an aromatic ring is 1. The number of anilines is 1. The van der Waals surface area contributed by atoms with Crippen LogP contribution in [0.5, 0.6) is 0 Å². The van der Waals surface area contributed by atoms with Crippen molar-refractivity contribution in [3.63, 3.8) is 0 Å². The topological polar surface area (TPSA) is 85.9 Å². The van der Waals surface area contributed by atoms with Gasteiger partial charge in [-0.05, 0) is 17.7 Å². The van der Waals surface area contributed by atoms with E-state index >= 15 is 0 Å². The summed E-state index contributed by atoms with van der Waals surface area (Å²) in [4.78, 5) is 3.62. The average Bonchev–Trinajstić information content (AvgIpc) is 2.69. The number of nitrogens with zero attached hydrogens (tertiary/aromatic N) is 2. The van der Waals surface area contributed by atoms with Gasteiger partial charge in [0.2, 0.25) is 15.0 Å². The molecule has 0 saturated heterocycles. The number of rotatable bonds is 3. The molecule has 17 heavy (non-hydrogen) atoms. The molecule has 0 aliphatic rings. The van der Waals surface area contributed by atoms with E-state index in [1.165, 1.54) is 24.3 Å². The molecule has 5 nitrogen and oxygen atoms in total. The molecule has 2 rings (SSSR count). The zero-order valence-corrected chi connectivity index (χ0v) is 10.1. The van der Waals surface area contributed by atoms with Crippen LogP contribution in [-0.4, -0.2) is 17.8 Å². The second kappa shape index (κ2) is 4.38. The van der Waals surface area contributed by atoms with Crippen molar-refractivity contribution >= 4 is 26.5 Å². The van der Waals surface area contributed by atoms with Gasteiger partial charge in [-0.2, -0.15) is 9.36 Å². The largest absolute Gasteiger partial charge is 0.374 e. The Bertz CT molecular complexity index is 622. The number of hydrogen-bond acceptors (Lipinski definition) is 6. The fraction of sp³-hybridized carbons (Fsp3) is 0.111. The number of halogens is 1. The monoisotopic (exact) mass is 273 g/mol. The maximum atomic E-state index is 12.7. The summed E-state index contributed by atoms with van der Waals surface area (Å²) in [7, 11) is -3.62. The van der Waals surface area contributed by atoms with Crippen molar-refractivity contribution < 1.29 is 12.8 Å². The van der Waals surface area contributed by atoms with Gasteiger partial charge in [-0.3, -0.25) is 0 Å². The third-order valence-corrected chi connectivity index (χ3v) is 4.08. The molecule has 0 aliphatic carbocycles. The minimum absolute atomic E-state index is 0.0997. The summed E-state index contributed by atoms with van der Waals surface area (Å²) in [5.41, 5.74) is 5.79. The number of benzene rings is 1. The molecule has 90 valence electrons. The molecule has 8 heteroatoms. The van der Waals surface area contributed by atoms with Gasteiger partial charge in [-0.1, -0.05) is 12.1 Å². The van der Waals surface area contributed by atoms with Crippen LogP contribution in [0.25, 0.3) is 0 Å². The number of aromatic nitrogens is 2. The highest BCUT2D eigenvalue weighted by Gasteiger charge is 2.20. The fourth-order valence-electron chi connectivity index (χ4n) is 1.21. The van der Waals surface area contributed by atoms with Crippen LogP contribution in [0, 0.1) is 5.82 Å². The van der Waals surface area contributed by atoms with Gasteiger partial charge < -0.3 is 5.73 Å². The molecule has 0 unspecified atom stereocenters. The molecule has 0 atom stereocenters. The van der Waals surface area contributed by atoms with E-state index in [9.17, 15) is 12.8 Å². The summed E-state index contributed by atoms with van der Waals surface area (Å²) in [6.45, 7) is 0. The molecule has 2 N–H and O–H groups in total. The van der Waals surface area contributed by atoms with E-state index in [2.05, 4.69) is 9.36 Å². The van der Waals surface area contributed by atoms with Gasteiger partial charge in [-0.15, -0.1) is 0 Å². The van der Waals surface area contributed by atoms with Crippen molar-refractivity contribution in [1.82, 2.24) is 9.36 Å². The van der Waals surface area contributed by atoms with Crippen LogP contribution in [0.3, 0.4) is 0 Å². The van der Waals surface area contributed by atoms with E-state index < -0.39 is 15.7 Å². The quantitative estimate of drug-likeness (QED) is 0.909. The van der Waals surface area contributed by atoms with E-state index in [1.807, 2.05) is 0 Å². The molecule has 0 spiro atoms. The Balaban J connectivity index is 2.26. The normalized spacial score (nSPS) is 11.6. The molecule has 0 amide bonds. The van der Waals surface area contributed by atoms with Crippen molar-refractivity contribution in [2.45, 2.75) is 10.9 Å². The van der Waals surface area contributed by atoms with E-state index in [0.717, 1.165) is 11.5 Å². The molecular formula is C9H8FN3O2S2. The van der Waals surface area contributed by atoms with Gasteiger partial charge in [0.15, 0.2) is 0 Å². The van der Waals surface area contributed by atoms with Gasteiger partial charge in [0, 0.05) is 11.5 Å². The van der Waals surface area contributed by atoms with Crippen molar-refractivity contribution in [2.24, 2.45) is 0 Å². The molecule has 1 aromatic heterocycles. The summed E-state index contributed by atoms with van der Waals surface area (Å²) in [5.74, 6) is -0.689. The predicted molar refractivity (Wildman–Crippen MR) is 61.6 cm³/mol. The maximum Gasteiger partial charge on any atom is 0.261 e. The van der Waals surface area contributed by atoms with Gasteiger partial charge in [0.05, 0.1) is 5.75 Å². The van der Waals surface area contributed by atoms with Crippen LogP contribution >= 0.6 is 11.5 Å². The lowest BCUT2D eigenvalue weighted by Crippen LogP contribution is -2.07. The third-order valence-electron chi connectivity index (χ3n) is 1.97. The minimum Gasteiger partial charge on any atom is -0.374 e. The van der Waals surface area contributed by atoms with Gasteiger partial charge >= 0.3 is 0 Å². The molecular weight excluding hydrogens is 265 g/mol. The molecule has 1 heterocycles. The molecule has 0 aliphatic heterocycles. The molecule has 0 saturated carbocycles. The first-order valence-electron chi connectivity index (χ1n) is 4.54. The molecule has 0 bridgehead atoms. The Morgan fingerprint density at radius 3 is 2.47 bits per heavy atom. The maximum absolute atomic E-state index is 12.7. The minimum atomic E-state index is -3.62. The summed E-state index contributed by atoms with van der Waals surface area (Å²) >= 11 is 0.822. The second-order valence-corrected chi connectivity index (χ2v) is 5.97. The van der Waals surface area contributed by atoms with Crippen LogP contribution in [0.2, 0.25) is 0 Å². The van der Waals surface area contributed by atoms with E-state index in [-0.39, 0.29) is 16.0 Å². The summed E-state index contributed by atoms with van der Waals surface area (Å²) < 4.78 is 40.0. The lowest BCUT2D eigenvalue weighted by molar-refractivity contribution is 0.588. The fourth-order valence-corrected chi connectivity index (χ4v) is 3.17. The first-order valence-corrected chi connectivity index (χ1v) is 6.96. The average molecular weight is 273 g/mol. The SMILES string of the molecule is Nc1nc(S(=O)(=O)Cc2ccc(F)cc2)ns1. The number of nitrogens with two attached hydrogens (primary N) is 1. The van der Waals surface area contributed by atoms with Gasteiger partial charge in [0.25, 0.3) is 5.16 Å². The summed E-state index contributed by atoms with van der Waals surface area (Å²) in [5, 5.41) is -0.188. The summed E-state index contributed by atoms with van der Waals surface area (Å²) in [6.07, 6.45) is 0. The predicted octanol–water partition coefficient (Wildman–Crippen LogP) is 1.23. The molecule has 0 fully saturated rings. The lowest BCUT2D eigenvalue weighted by atomic mass is 10.2. The Kier molecular flexibility index (Phi) is 3.07. The van der Waals surface area contributed by atoms with Crippen molar-refractivity contribution in [1.29, 1.82) is 0 Å². The van der Waals surface area contributed by atoms with E-state index in [4.69, 9.17) is 5.73 Å². The standard InChI is InChI=1S/C9H8FN3O2S2/c10-7-3-1-6(2-4-7)5-17(14,15)9-12-8(11)16-13-9/h1-4H,5H2,(H2,11,12,13). The molecule has 2 aromatic rings. The lowest BCUT2D eigenvalue weighted by Gasteiger charge is -2.00. The van der Waals surface area contributed by atoms with E-state index in [0.29, 0.717) is 5.56 Å². The Morgan fingerprint density at radius 1 is 1.29 bits per heavy atom. The van der Waals surface area contributed by atoms with Crippen LogP contribution in [0.1, 0.15) is 5.56 Å². The Hall–Kier alpha value is -1.54. The van der Waals surface area contributed by atoms with Crippen LogP contribution in [0.15, 0.2) is 29.4 Å². The smallest absolute Gasteiger partial charge is 0.261 e. The number of sulfone groups is 1. The number of hydrogen-bond donors (Lipinski definition) is 1. The summed E-state index contributed by atoms with van der Waals surface area (Å²) in [6, 6.07) is 5.21. The highest BCUT2D eigenvalue weighted by Crippen LogP contribution is 2.16. The third kappa shape index (κ3) is 2.77. The van der Waals surface area contributed by atoms with Crippen molar-refractivity contribution in [3.8, 4) is 0 Å².